The van der Waals surface area contributed by atoms with Crippen LogP contribution in [0.2, 0.25) is 0 Å². The Bertz CT molecular complexity index is 834. The van der Waals surface area contributed by atoms with Crippen molar-refractivity contribution in [2.24, 2.45) is 15.9 Å². The predicted molar refractivity (Wildman–Crippen MR) is 125 cm³/mol. The first-order valence-electron chi connectivity index (χ1n) is 10.2. The van der Waals surface area contributed by atoms with Gasteiger partial charge in [0.2, 0.25) is 0 Å². The lowest BCUT2D eigenvalue weighted by atomic mass is 10.2. The van der Waals surface area contributed by atoms with E-state index in [2.05, 4.69) is 41.1 Å². The smallest absolute Gasteiger partial charge is 0.180 e. The van der Waals surface area contributed by atoms with Crippen molar-refractivity contribution in [1.29, 1.82) is 0 Å². The van der Waals surface area contributed by atoms with E-state index < -0.39 is 0 Å². The highest BCUT2D eigenvalue weighted by Gasteiger charge is 2.21. The van der Waals surface area contributed by atoms with Crippen molar-refractivity contribution < 1.29 is 9.47 Å². The number of nitrogens with zero attached hydrogens (tertiary/aromatic N) is 3. The maximum absolute atomic E-state index is 6.01. The molecule has 1 aliphatic rings. The Labute approximate surface area is 183 Å². The van der Waals surface area contributed by atoms with E-state index >= 15 is 0 Å². The van der Waals surface area contributed by atoms with E-state index in [0.717, 1.165) is 36.7 Å². The van der Waals surface area contributed by atoms with Crippen LogP contribution in [0.25, 0.3) is 0 Å². The minimum absolute atomic E-state index is 0.260. The molecule has 160 valence electrons. The molecule has 1 fully saturated rings. The van der Waals surface area contributed by atoms with E-state index in [1.165, 1.54) is 17.3 Å². The minimum Gasteiger partial charge on any atom is -0.492 e. The van der Waals surface area contributed by atoms with Crippen LogP contribution in [0.4, 0.5) is 0 Å². The van der Waals surface area contributed by atoms with Crippen molar-refractivity contribution in [2.75, 3.05) is 26.2 Å². The van der Waals surface area contributed by atoms with Crippen LogP contribution in [0.1, 0.15) is 25.0 Å². The molecule has 0 spiro atoms. The summed E-state index contributed by atoms with van der Waals surface area (Å²) in [6, 6.07) is 18.0. The van der Waals surface area contributed by atoms with E-state index in [-0.39, 0.29) is 12.2 Å². The Hall–Kier alpha value is -2.35. The average Bonchev–Trinajstić information content (AvgIpc) is 2.73. The van der Waals surface area contributed by atoms with Gasteiger partial charge in [0.05, 0.1) is 18.4 Å². The van der Waals surface area contributed by atoms with Crippen LogP contribution in [0.3, 0.4) is 0 Å². The van der Waals surface area contributed by atoms with E-state index in [4.69, 9.17) is 15.2 Å². The number of benzene rings is 2. The highest BCUT2D eigenvalue weighted by Crippen LogP contribution is 2.17. The molecule has 1 saturated heterocycles. The molecule has 6 nitrogen and oxygen atoms in total. The number of morpholine rings is 1. The largest absolute Gasteiger partial charge is 0.492 e. The first-order chi connectivity index (χ1) is 14.6. The summed E-state index contributed by atoms with van der Waals surface area (Å²) in [5.74, 6) is 1.56. The normalized spacial score (nSPS) is 20.5. The maximum atomic E-state index is 6.01. The fourth-order valence-corrected chi connectivity index (χ4v) is 3.99. The van der Waals surface area contributed by atoms with Gasteiger partial charge in [-0.25, -0.2) is 0 Å². The van der Waals surface area contributed by atoms with Gasteiger partial charge in [-0.1, -0.05) is 54.2 Å². The lowest BCUT2D eigenvalue weighted by Crippen LogP contribution is -2.46. The first kappa shape index (κ1) is 22.3. The quantitative estimate of drug-likeness (QED) is 0.395. The summed E-state index contributed by atoms with van der Waals surface area (Å²) in [6.45, 7) is 7.57. The molecule has 0 radical (unpaired) electrons. The number of rotatable bonds is 8. The van der Waals surface area contributed by atoms with Crippen molar-refractivity contribution in [3.63, 3.8) is 0 Å². The molecule has 30 heavy (non-hydrogen) atoms. The van der Waals surface area contributed by atoms with Gasteiger partial charge < -0.3 is 15.2 Å². The topological polar surface area (TPSA) is 72.4 Å². The van der Waals surface area contributed by atoms with Crippen molar-refractivity contribution >= 4 is 23.1 Å². The van der Waals surface area contributed by atoms with Crippen LogP contribution in [0.5, 0.6) is 5.75 Å². The Morgan fingerprint density at radius 1 is 1.13 bits per heavy atom. The second kappa shape index (κ2) is 11.7. The molecule has 0 saturated carbocycles. The molecule has 2 N–H and O–H groups in total. The monoisotopic (exact) mass is 426 g/mol. The molecule has 0 aliphatic carbocycles. The van der Waals surface area contributed by atoms with Gasteiger partial charge in [0.15, 0.2) is 5.17 Å². The van der Waals surface area contributed by atoms with Crippen molar-refractivity contribution in [1.82, 2.24) is 4.90 Å². The summed E-state index contributed by atoms with van der Waals surface area (Å²) in [7, 11) is 0. The summed E-state index contributed by atoms with van der Waals surface area (Å²) >= 11 is 1.47. The third-order valence-corrected chi connectivity index (χ3v) is 5.52. The number of nitrogens with two attached hydrogens (primary N) is 1. The maximum Gasteiger partial charge on any atom is 0.180 e. The molecule has 0 aromatic heterocycles. The van der Waals surface area contributed by atoms with Crippen LogP contribution >= 0.6 is 11.8 Å². The zero-order valence-corrected chi connectivity index (χ0v) is 18.4. The molecular weight excluding hydrogens is 396 g/mol. The van der Waals surface area contributed by atoms with Gasteiger partial charge >= 0.3 is 0 Å². The van der Waals surface area contributed by atoms with E-state index in [1.54, 1.807) is 6.21 Å². The molecule has 2 aromatic carbocycles. The molecule has 2 atom stereocenters. The van der Waals surface area contributed by atoms with Gasteiger partial charge in [0.1, 0.15) is 12.4 Å². The number of thioether (sulfide) groups is 1. The van der Waals surface area contributed by atoms with Crippen molar-refractivity contribution in [2.45, 2.75) is 31.8 Å². The molecule has 2 unspecified atom stereocenters. The van der Waals surface area contributed by atoms with Crippen LogP contribution in [-0.4, -0.2) is 54.7 Å². The molecule has 3 rings (SSSR count). The fourth-order valence-electron chi connectivity index (χ4n) is 3.38. The summed E-state index contributed by atoms with van der Waals surface area (Å²) in [4.78, 5) is 2.38. The van der Waals surface area contributed by atoms with Gasteiger partial charge in [0.25, 0.3) is 0 Å². The summed E-state index contributed by atoms with van der Waals surface area (Å²) in [5, 5.41) is 8.67. The Kier molecular flexibility index (Phi) is 8.74. The van der Waals surface area contributed by atoms with Crippen molar-refractivity contribution in [3.05, 3.63) is 65.7 Å². The zero-order valence-electron chi connectivity index (χ0n) is 17.6. The lowest BCUT2D eigenvalue weighted by Gasteiger charge is -2.35. The zero-order chi connectivity index (χ0) is 21.2. The second-order valence-electron chi connectivity index (χ2n) is 7.36. The molecule has 1 aliphatic heterocycles. The standard InChI is InChI=1S/C23H30N4O2S/c1-18-15-27(16-19(2)29-18)12-13-28-22-11-7-6-10-21(22)14-25-26-23(24)30-17-20-8-4-3-5-9-20/h3-11,14,18-19H,12-13,15-17H2,1-2H3,(H2,24,26). The van der Waals surface area contributed by atoms with Crippen LogP contribution < -0.4 is 10.5 Å². The highest BCUT2D eigenvalue weighted by atomic mass is 32.2. The number of hydrogen-bond donors (Lipinski definition) is 1. The second-order valence-corrected chi connectivity index (χ2v) is 8.36. The molecule has 0 bridgehead atoms. The van der Waals surface area contributed by atoms with E-state index in [9.17, 15) is 0 Å². The SMILES string of the molecule is CC1CN(CCOc2ccccc2C=NN=C(N)SCc2ccccc2)CC(C)O1. The summed E-state index contributed by atoms with van der Waals surface area (Å²) < 4.78 is 11.8. The Balaban J connectivity index is 1.49. The average molecular weight is 427 g/mol. The highest BCUT2D eigenvalue weighted by molar-refractivity contribution is 8.13. The summed E-state index contributed by atoms with van der Waals surface area (Å²) in [5.41, 5.74) is 8.04. The number of ether oxygens (including phenoxy) is 2. The van der Waals surface area contributed by atoms with Gasteiger partial charge in [-0.3, -0.25) is 4.90 Å². The molecular formula is C23H30N4O2S. The molecule has 0 amide bonds. The first-order valence-corrected chi connectivity index (χ1v) is 11.2. The Morgan fingerprint density at radius 2 is 1.83 bits per heavy atom. The predicted octanol–water partition coefficient (Wildman–Crippen LogP) is 3.76. The third kappa shape index (κ3) is 7.48. The van der Waals surface area contributed by atoms with Crippen molar-refractivity contribution in [3.8, 4) is 5.75 Å². The van der Waals surface area contributed by atoms with Gasteiger partial charge in [0, 0.05) is 31.0 Å². The van der Waals surface area contributed by atoms with E-state index in [0.29, 0.717) is 11.8 Å². The molecule has 1 heterocycles. The molecule has 7 heteroatoms. The lowest BCUT2D eigenvalue weighted by molar-refractivity contribution is -0.0699. The number of hydrogen-bond acceptors (Lipinski definition) is 6. The number of para-hydroxylation sites is 1. The summed E-state index contributed by atoms with van der Waals surface area (Å²) in [6.07, 6.45) is 2.21. The third-order valence-electron chi connectivity index (χ3n) is 4.66. The van der Waals surface area contributed by atoms with Gasteiger partial charge in [-0.15, -0.1) is 5.10 Å². The van der Waals surface area contributed by atoms with Gasteiger partial charge in [-0.05, 0) is 31.5 Å². The minimum atomic E-state index is 0.260. The van der Waals surface area contributed by atoms with Gasteiger partial charge in [-0.2, -0.15) is 5.10 Å². The van der Waals surface area contributed by atoms with E-state index in [1.807, 2.05) is 42.5 Å². The van der Waals surface area contributed by atoms with Crippen LogP contribution in [-0.2, 0) is 10.5 Å². The van der Waals surface area contributed by atoms with Crippen LogP contribution in [0.15, 0.2) is 64.8 Å². The Morgan fingerprint density at radius 3 is 2.60 bits per heavy atom. The number of amidine groups is 1. The fraction of sp³-hybridized carbons (Fsp3) is 0.391. The van der Waals surface area contributed by atoms with Crippen LogP contribution in [0, 0.1) is 0 Å². The molecule has 2 aromatic rings.